The Morgan fingerprint density at radius 2 is 1.61 bits per heavy atom. The number of carbonyl (C=O) groups is 2. The van der Waals surface area contributed by atoms with Crippen LogP contribution in [0.5, 0.6) is 5.75 Å². The molecule has 0 unspecified atom stereocenters. The lowest BCUT2D eigenvalue weighted by Crippen LogP contribution is -2.32. The second-order valence-corrected chi connectivity index (χ2v) is 7.75. The number of hydrogen-bond donors (Lipinski definition) is 1. The van der Waals surface area contributed by atoms with Crippen LogP contribution >= 0.6 is 11.6 Å². The van der Waals surface area contributed by atoms with Crippen LogP contribution in [0.1, 0.15) is 16.7 Å². The average molecular weight is 433 g/mol. The maximum absolute atomic E-state index is 13.6. The van der Waals surface area contributed by atoms with Gasteiger partial charge in [-0.2, -0.15) is 0 Å². The largest absolute Gasteiger partial charge is 0.495 e. The molecular formula is C25H21ClN2O3. The summed E-state index contributed by atoms with van der Waals surface area (Å²) in [5.41, 5.74) is 4.13. The second-order valence-electron chi connectivity index (χ2n) is 7.32. The van der Waals surface area contributed by atoms with E-state index in [-0.39, 0.29) is 11.3 Å². The van der Waals surface area contributed by atoms with Crippen LogP contribution < -0.4 is 15.0 Å². The number of nitrogens with one attached hydrogen (secondary N) is 1. The Kier molecular flexibility index (Phi) is 5.53. The summed E-state index contributed by atoms with van der Waals surface area (Å²) in [6, 6.07) is 19.9. The van der Waals surface area contributed by atoms with E-state index >= 15 is 0 Å². The van der Waals surface area contributed by atoms with E-state index in [9.17, 15) is 9.59 Å². The zero-order chi connectivity index (χ0) is 22.1. The van der Waals surface area contributed by atoms with E-state index in [4.69, 9.17) is 16.3 Å². The molecule has 0 saturated carbocycles. The second kappa shape index (κ2) is 8.28. The number of amides is 2. The van der Waals surface area contributed by atoms with Crippen LogP contribution in [-0.4, -0.2) is 18.9 Å². The third-order valence-electron chi connectivity index (χ3n) is 5.20. The Balaban J connectivity index is 1.87. The molecule has 0 radical (unpaired) electrons. The summed E-state index contributed by atoms with van der Waals surface area (Å²) in [6.07, 6.45) is 0. The molecule has 31 heavy (non-hydrogen) atoms. The molecule has 0 aliphatic carbocycles. The summed E-state index contributed by atoms with van der Waals surface area (Å²) < 4.78 is 5.44. The number of hydrogen-bond acceptors (Lipinski definition) is 4. The first-order valence-electron chi connectivity index (χ1n) is 9.77. The minimum atomic E-state index is -0.442. The van der Waals surface area contributed by atoms with Gasteiger partial charge >= 0.3 is 0 Å². The normalized spacial score (nSPS) is 13.7. The molecule has 1 N–H and O–H groups in total. The monoisotopic (exact) mass is 432 g/mol. The van der Waals surface area contributed by atoms with Crippen molar-refractivity contribution in [2.75, 3.05) is 17.3 Å². The van der Waals surface area contributed by atoms with Crippen LogP contribution in [0.4, 0.5) is 11.4 Å². The molecule has 0 atom stereocenters. The van der Waals surface area contributed by atoms with Crippen molar-refractivity contribution in [2.24, 2.45) is 0 Å². The number of methoxy groups -OCH3 is 1. The van der Waals surface area contributed by atoms with Gasteiger partial charge in [-0.15, -0.1) is 0 Å². The van der Waals surface area contributed by atoms with Crippen LogP contribution in [-0.2, 0) is 9.59 Å². The number of para-hydroxylation sites is 1. The number of anilines is 2. The van der Waals surface area contributed by atoms with Crippen LogP contribution in [0, 0.1) is 13.8 Å². The Bertz CT molecular complexity index is 1220. The molecule has 1 heterocycles. The van der Waals surface area contributed by atoms with Crippen LogP contribution in [0.15, 0.2) is 72.4 Å². The summed E-state index contributed by atoms with van der Waals surface area (Å²) in [5.74, 6) is -0.422. The number of aryl methyl sites for hydroxylation is 2. The highest BCUT2D eigenvalue weighted by molar-refractivity contribution is 6.46. The minimum absolute atomic E-state index is 0.213. The third kappa shape index (κ3) is 3.80. The van der Waals surface area contributed by atoms with Crippen molar-refractivity contribution in [1.82, 2.24) is 0 Å². The van der Waals surface area contributed by atoms with Crippen molar-refractivity contribution in [3.63, 3.8) is 0 Å². The number of nitrogens with zero attached hydrogens (tertiary/aromatic N) is 1. The van der Waals surface area contributed by atoms with E-state index in [1.807, 2.05) is 44.2 Å². The van der Waals surface area contributed by atoms with Gasteiger partial charge in [0.2, 0.25) is 0 Å². The van der Waals surface area contributed by atoms with Crippen LogP contribution in [0.2, 0.25) is 5.02 Å². The van der Waals surface area contributed by atoms with Crippen molar-refractivity contribution in [3.05, 3.63) is 94.1 Å². The van der Waals surface area contributed by atoms with Crippen molar-refractivity contribution in [3.8, 4) is 5.75 Å². The topological polar surface area (TPSA) is 58.6 Å². The van der Waals surface area contributed by atoms with Gasteiger partial charge in [-0.1, -0.05) is 48.0 Å². The lowest BCUT2D eigenvalue weighted by Gasteiger charge is -2.19. The Labute approximate surface area is 185 Å². The third-order valence-corrected chi connectivity index (χ3v) is 5.45. The van der Waals surface area contributed by atoms with E-state index in [2.05, 4.69) is 5.32 Å². The minimum Gasteiger partial charge on any atom is -0.495 e. The number of rotatable bonds is 5. The molecule has 6 heteroatoms. The summed E-state index contributed by atoms with van der Waals surface area (Å²) >= 11 is 6.04. The Hall–Kier alpha value is -3.57. The molecule has 3 aromatic rings. The highest BCUT2D eigenvalue weighted by Gasteiger charge is 2.41. The molecule has 5 nitrogen and oxygen atoms in total. The first-order chi connectivity index (χ1) is 14.9. The van der Waals surface area contributed by atoms with E-state index < -0.39 is 11.8 Å². The number of ether oxygens (including phenoxy) is 1. The molecule has 0 spiro atoms. The smallest absolute Gasteiger partial charge is 0.282 e. The van der Waals surface area contributed by atoms with E-state index in [1.165, 1.54) is 7.11 Å². The van der Waals surface area contributed by atoms with Gasteiger partial charge in [0.05, 0.1) is 18.4 Å². The van der Waals surface area contributed by atoms with Gasteiger partial charge in [-0.05, 0) is 60.9 Å². The van der Waals surface area contributed by atoms with Crippen LogP contribution in [0.3, 0.4) is 0 Å². The fraction of sp³-hybridized carbons (Fsp3) is 0.120. The van der Waals surface area contributed by atoms with Crippen molar-refractivity contribution in [1.29, 1.82) is 0 Å². The average Bonchev–Trinajstić information content (AvgIpc) is 3.00. The Morgan fingerprint density at radius 3 is 2.29 bits per heavy atom. The van der Waals surface area contributed by atoms with E-state index in [0.717, 1.165) is 21.7 Å². The van der Waals surface area contributed by atoms with Crippen molar-refractivity contribution >= 4 is 40.4 Å². The fourth-order valence-electron chi connectivity index (χ4n) is 3.57. The van der Waals surface area contributed by atoms with Gasteiger partial charge in [0.15, 0.2) is 0 Å². The number of carbonyl (C=O) groups excluding carboxylic acids is 2. The SMILES string of the molecule is COc1ccc(C)cc1N1C(=O)C(Nc2ccccc2C)=C(c2ccc(Cl)cc2)C1=O. The molecule has 3 aromatic carbocycles. The molecule has 1 aliphatic rings. The quantitative estimate of drug-likeness (QED) is 0.551. The summed E-state index contributed by atoms with van der Waals surface area (Å²) in [4.78, 5) is 28.3. The van der Waals surface area contributed by atoms with Gasteiger partial charge in [0, 0.05) is 10.7 Å². The molecule has 156 valence electrons. The van der Waals surface area contributed by atoms with Crippen molar-refractivity contribution in [2.45, 2.75) is 13.8 Å². The van der Waals surface area contributed by atoms with E-state index in [1.54, 1.807) is 36.4 Å². The summed E-state index contributed by atoms with van der Waals surface area (Å²) in [7, 11) is 1.51. The molecule has 2 amide bonds. The number of halogens is 1. The maximum Gasteiger partial charge on any atom is 0.282 e. The van der Waals surface area contributed by atoms with E-state index in [0.29, 0.717) is 22.0 Å². The zero-order valence-corrected chi connectivity index (χ0v) is 18.2. The standard InChI is InChI=1S/C25H21ClN2O3/c1-15-8-13-21(31-3)20(14-15)28-24(29)22(17-9-11-18(26)12-10-17)23(25(28)30)27-19-7-5-4-6-16(19)2/h4-14,27H,1-3H3. The Morgan fingerprint density at radius 1 is 0.903 bits per heavy atom. The molecular weight excluding hydrogens is 412 g/mol. The number of benzene rings is 3. The number of imide groups is 1. The van der Waals surface area contributed by atoms with Gasteiger partial charge in [-0.25, -0.2) is 4.90 Å². The highest BCUT2D eigenvalue weighted by Crippen LogP contribution is 2.38. The van der Waals surface area contributed by atoms with Gasteiger partial charge < -0.3 is 10.1 Å². The van der Waals surface area contributed by atoms with Gasteiger partial charge in [-0.3, -0.25) is 9.59 Å². The van der Waals surface area contributed by atoms with Gasteiger partial charge in [0.25, 0.3) is 11.8 Å². The fourth-order valence-corrected chi connectivity index (χ4v) is 3.70. The molecule has 0 bridgehead atoms. The predicted octanol–water partition coefficient (Wildman–Crippen LogP) is 5.36. The molecule has 4 rings (SSSR count). The van der Waals surface area contributed by atoms with Crippen molar-refractivity contribution < 1.29 is 14.3 Å². The molecule has 0 fully saturated rings. The lowest BCUT2D eigenvalue weighted by atomic mass is 10.0. The summed E-state index contributed by atoms with van der Waals surface area (Å²) in [6.45, 7) is 3.83. The molecule has 0 aromatic heterocycles. The maximum atomic E-state index is 13.6. The first kappa shape index (κ1) is 20.7. The molecule has 1 aliphatic heterocycles. The highest BCUT2D eigenvalue weighted by atomic mass is 35.5. The van der Waals surface area contributed by atoms with Crippen LogP contribution in [0.25, 0.3) is 5.57 Å². The zero-order valence-electron chi connectivity index (χ0n) is 17.4. The molecule has 0 saturated heterocycles. The van der Waals surface area contributed by atoms with Gasteiger partial charge in [0.1, 0.15) is 11.4 Å². The lowest BCUT2D eigenvalue weighted by molar-refractivity contribution is -0.120. The first-order valence-corrected chi connectivity index (χ1v) is 10.1. The predicted molar refractivity (Wildman–Crippen MR) is 123 cm³/mol. The summed E-state index contributed by atoms with van der Waals surface area (Å²) in [5, 5.41) is 3.75.